The lowest BCUT2D eigenvalue weighted by molar-refractivity contribution is 0.580. The lowest BCUT2D eigenvalue weighted by Crippen LogP contribution is -2.41. The quantitative estimate of drug-likeness (QED) is 0.304. The maximum Gasteiger partial charge on any atom is 0.213 e. The van der Waals surface area contributed by atoms with E-state index in [-0.39, 0.29) is 12.3 Å². The van der Waals surface area contributed by atoms with Crippen LogP contribution in [-0.4, -0.2) is 39.5 Å². The molecule has 0 spiro atoms. The number of hydrogen-bond acceptors (Lipinski definition) is 4. The number of aryl methyl sites for hydroxylation is 1. The van der Waals surface area contributed by atoms with Gasteiger partial charge in [0.25, 0.3) is 0 Å². The lowest BCUT2D eigenvalue weighted by atomic mass is 10.1. The molecule has 3 N–H and O–H groups in total. The SMILES string of the molecule is CCNC(=NCc1ccc(C)cc1SC)NCCS(=O)(=O)NCc1ccccc1. The van der Waals surface area contributed by atoms with Crippen LogP contribution in [-0.2, 0) is 23.1 Å². The number of hydrogen-bond donors (Lipinski definition) is 3. The fourth-order valence-electron chi connectivity index (χ4n) is 2.65. The zero-order valence-electron chi connectivity index (χ0n) is 17.2. The zero-order chi connectivity index (χ0) is 21.1. The topological polar surface area (TPSA) is 82.6 Å². The predicted molar refractivity (Wildman–Crippen MR) is 123 cm³/mol. The molecule has 8 heteroatoms. The van der Waals surface area contributed by atoms with E-state index in [1.807, 2.05) is 37.3 Å². The van der Waals surface area contributed by atoms with E-state index in [0.29, 0.717) is 25.6 Å². The molecular weight excluding hydrogens is 404 g/mol. The first kappa shape index (κ1) is 23.3. The summed E-state index contributed by atoms with van der Waals surface area (Å²) in [4.78, 5) is 5.81. The number of nitrogens with one attached hydrogen (secondary N) is 3. The Bertz CT molecular complexity index is 900. The van der Waals surface area contributed by atoms with Gasteiger partial charge in [-0.25, -0.2) is 18.1 Å². The van der Waals surface area contributed by atoms with Gasteiger partial charge in [-0.2, -0.15) is 0 Å². The van der Waals surface area contributed by atoms with E-state index in [4.69, 9.17) is 0 Å². The highest BCUT2D eigenvalue weighted by Crippen LogP contribution is 2.22. The molecule has 2 rings (SSSR count). The fraction of sp³-hybridized carbons (Fsp3) is 0.381. The highest BCUT2D eigenvalue weighted by Gasteiger charge is 2.10. The summed E-state index contributed by atoms with van der Waals surface area (Å²) < 4.78 is 27.1. The van der Waals surface area contributed by atoms with Gasteiger partial charge in [0.1, 0.15) is 0 Å². The van der Waals surface area contributed by atoms with Crippen molar-refractivity contribution in [2.24, 2.45) is 4.99 Å². The largest absolute Gasteiger partial charge is 0.357 e. The van der Waals surface area contributed by atoms with Gasteiger partial charge in [0.15, 0.2) is 5.96 Å². The predicted octanol–water partition coefficient (Wildman–Crippen LogP) is 2.89. The first-order chi connectivity index (χ1) is 13.9. The lowest BCUT2D eigenvalue weighted by Gasteiger charge is -2.13. The van der Waals surface area contributed by atoms with Gasteiger partial charge in [0, 0.05) is 24.5 Å². The molecule has 158 valence electrons. The number of benzene rings is 2. The first-order valence-electron chi connectivity index (χ1n) is 9.60. The third kappa shape index (κ3) is 8.47. The van der Waals surface area contributed by atoms with Crippen LogP contribution in [0.15, 0.2) is 58.4 Å². The maximum atomic E-state index is 12.2. The van der Waals surface area contributed by atoms with Crippen molar-refractivity contribution in [1.82, 2.24) is 15.4 Å². The highest BCUT2D eigenvalue weighted by molar-refractivity contribution is 7.98. The van der Waals surface area contributed by atoms with Crippen LogP contribution in [0.5, 0.6) is 0 Å². The van der Waals surface area contributed by atoms with Crippen LogP contribution in [0.25, 0.3) is 0 Å². The number of aliphatic imine (C=N–C) groups is 1. The molecule has 0 bridgehead atoms. The van der Waals surface area contributed by atoms with Crippen LogP contribution in [0.1, 0.15) is 23.6 Å². The van der Waals surface area contributed by atoms with E-state index in [2.05, 4.69) is 51.7 Å². The molecule has 0 saturated carbocycles. The zero-order valence-corrected chi connectivity index (χ0v) is 18.9. The summed E-state index contributed by atoms with van der Waals surface area (Å²) in [6.07, 6.45) is 2.05. The van der Waals surface area contributed by atoms with Crippen LogP contribution in [0.2, 0.25) is 0 Å². The highest BCUT2D eigenvalue weighted by atomic mass is 32.2. The second-order valence-corrected chi connectivity index (χ2v) is 9.34. The number of guanidine groups is 1. The third-order valence-corrected chi connectivity index (χ3v) is 6.34. The van der Waals surface area contributed by atoms with Gasteiger partial charge < -0.3 is 10.6 Å². The second-order valence-electron chi connectivity index (χ2n) is 6.56. The Hall–Kier alpha value is -2.03. The van der Waals surface area contributed by atoms with Crippen molar-refractivity contribution < 1.29 is 8.42 Å². The van der Waals surface area contributed by atoms with Crippen LogP contribution in [0.4, 0.5) is 0 Å². The van der Waals surface area contributed by atoms with Crippen LogP contribution >= 0.6 is 11.8 Å². The molecule has 0 aliphatic carbocycles. The minimum atomic E-state index is -3.37. The van der Waals surface area contributed by atoms with Gasteiger partial charge in [0.2, 0.25) is 10.0 Å². The van der Waals surface area contributed by atoms with Gasteiger partial charge in [0.05, 0.1) is 12.3 Å². The number of thioether (sulfide) groups is 1. The minimum Gasteiger partial charge on any atom is -0.357 e. The Morgan fingerprint density at radius 2 is 1.86 bits per heavy atom. The Balaban J connectivity index is 1.89. The Morgan fingerprint density at radius 1 is 1.10 bits per heavy atom. The normalized spacial score (nSPS) is 12.0. The number of nitrogens with zero attached hydrogens (tertiary/aromatic N) is 1. The Morgan fingerprint density at radius 3 is 2.55 bits per heavy atom. The summed E-state index contributed by atoms with van der Waals surface area (Å²) >= 11 is 1.70. The number of rotatable bonds is 10. The molecule has 0 fully saturated rings. The van der Waals surface area contributed by atoms with Crippen molar-refractivity contribution >= 4 is 27.7 Å². The van der Waals surface area contributed by atoms with Gasteiger partial charge in [-0.15, -0.1) is 11.8 Å². The monoisotopic (exact) mass is 434 g/mol. The molecule has 0 saturated heterocycles. The second kappa shape index (κ2) is 11.8. The molecule has 0 aromatic heterocycles. The smallest absolute Gasteiger partial charge is 0.213 e. The summed E-state index contributed by atoms with van der Waals surface area (Å²) in [5.41, 5.74) is 3.31. The van der Waals surface area contributed by atoms with E-state index in [9.17, 15) is 8.42 Å². The Kier molecular flexibility index (Phi) is 9.50. The van der Waals surface area contributed by atoms with Gasteiger partial charge in [-0.1, -0.05) is 42.5 Å². The fourth-order valence-corrected chi connectivity index (χ4v) is 4.25. The molecule has 0 aliphatic rings. The van der Waals surface area contributed by atoms with Crippen molar-refractivity contribution in [3.63, 3.8) is 0 Å². The van der Waals surface area contributed by atoms with E-state index in [1.54, 1.807) is 11.8 Å². The molecular formula is C21H30N4O2S2. The van der Waals surface area contributed by atoms with Crippen LogP contribution in [0, 0.1) is 6.92 Å². The van der Waals surface area contributed by atoms with Crippen molar-refractivity contribution in [3.8, 4) is 0 Å². The molecule has 0 amide bonds. The van der Waals surface area contributed by atoms with Gasteiger partial charge in [-0.05, 0) is 42.9 Å². The van der Waals surface area contributed by atoms with Crippen molar-refractivity contribution in [3.05, 3.63) is 65.2 Å². The van der Waals surface area contributed by atoms with Crippen molar-refractivity contribution in [2.75, 3.05) is 25.1 Å². The van der Waals surface area contributed by atoms with Gasteiger partial charge >= 0.3 is 0 Å². The molecule has 29 heavy (non-hydrogen) atoms. The summed E-state index contributed by atoms with van der Waals surface area (Å²) in [5, 5.41) is 6.27. The average molecular weight is 435 g/mol. The van der Waals surface area contributed by atoms with Crippen molar-refractivity contribution in [2.45, 2.75) is 31.8 Å². The van der Waals surface area contributed by atoms with E-state index in [1.165, 1.54) is 10.5 Å². The van der Waals surface area contributed by atoms with E-state index >= 15 is 0 Å². The van der Waals surface area contributed by atoms with Crippen LogP contribution < -0.4 is 15.4 Å². The van der Waals surface area contributed by atoms with Gasteiger partial charge in [-0.3, -0.25) is 0 Å². The maximum absolute atomic E-state index is 12.2. The first-order valence-corrected chi connectivity index (χ1v) is 12.5. The molecule has 0 aliphatic heterocycles. The molecule has 2 aromatic carbocycles. The van der Waals surface area contributed by atoms with Crippen molar-refractivity contribution in [1.29, 1.82) is 0 Å². The Labute approximate surface area is 178 Å². The third-order valence-electron chi connectivity index (χ3n) is 4.20. The average Bonchev–Trinajstić information content (AvgIpc) is 2.72. The molecule has 0 atom stereocenters. The minimum absolute atomic E-state index is 0.0230. The molecule has 2 aromatic rings. The number of sulfonamides is 1. The summed E-state index contributed by atoms with van der Waals surface area (Å²) in [6.45, 7) is 5.86. The molecule has 0 unspecified atom stereocenters. The summed E-state index contributed by atoms with van der Waals surface area (Å²) in [6, 6.07) is 15.8. The van der Waals surface area contributed by atoms with E-state index in [0.717, 1.165) is 11.1 Å². The standard InChI is InChI=1S/C21H30N4O2S2/c1-4-22-21(24-16-19-11-10-17(2)14-20(19)28-3)23-12-13-29(26,27)25-15-18-8-6-5-7-9-18/h5-11,14,25H,4,12-13,15-16H2,1-3H3,(H2,22,23,24). The molecule has 6 nitrogen and oxygen atoms in total. The van der Waals surface area contributed by atoms with E-state index < -0.39 is 10.0 Å². The van der Waals surface area contributed by atoms with Crippen LogP contribution in [0.3, 0.4) is 0 Å². The summed E-state index contributed by atoms with van der Waals surface area (Å²) in [7, 11) is -3.37. The molecule has 0 heterocycles. The molecule has 0 radical (unpaired) electrons. The summed E-state index contributed by atoms with van der Waals surface area (Å²) in [5.74, 6) is 0.587.